The molecule has 6 nitrogen and oxygen atoms in total. The third kappa shape index (κ3) is 4.79. The van der Waals surface area contributed by atoms with Gasteiger partial charge in [-0.15, -0.1) is 12.4 Å². The number of carbonyl (C=O) groups excluding carboxylic acids is 1. The molecule has 0 aromatic heterocycles. The maximum atomic E-state index is 12.7. The Kier molecular flexibility index (Phi) is 8.05. The van der Waals surface area contributed by atoms with Crippen LogP contribution in [0.25, 0.3) is 0 Å². The molecule has 0 spiro atoms. The lowest BCUT2D eigenvalue weighted by Gasteiger charge is -2.44. The van der Waals surface area contributed by atoms with Crippen molar-refractivity contribution in [1.29, 1.82) is 0 Å². The predicted molar refractivity (Wildman–Crippen MR) is 108 cm³/mol. The first-order valence-corrected chi connectivity index (χ1v) is 9.50. The van der Waals surface area contributed by atoms with Crippen LogP contribution in [-0.4, -0.2) is 57.8 Å². The molecule has 1 amide bonds. The number of rotatable bonds is 6. The van der Waals surface area contributed by atoms with Crippen molar-refractivity contribution in [3.05, 3.63) is 17.7 Å². The Morgan fingerprint density at radius 3 is 2.33 bits per heavy atom. The maximum absolute atomic E-state index is 12.7. The number of hydrogen-bond acceptors (Lipinski definition) is 5. The highest BCUT2D eigenvalue weighted by molar-refractivity contribution is 5.95. The summed E-state index contributed by atoms with van der Waals surface area (Å²) in [6.45, 7) is 3.14. The molecular formula is C20H31ClN2O4. The van der Waals surface area contributed by atoms with E-state index in [9.17, 15) is 4.79 Å². The van der Waals surface area contributed by atoms with Gasteiger partial charge in [0.15, 0.2) is 11.5 Å². The number of halogens is 1. The average Bonchev–Trinajstić information content (AvgIpc) is 2.70. The van der Waals surface area contributed by atoms with Gasteiger partial charge in [-0.2, -0.15) is 0 Å². The lowest BCUT2D eigenvalue weighted by Crippen LogP contribution is -2.51. The molecule has 2 aliphatic heterocycles. The van der Waals surface area contributed by atoms with E-state index in [0.717, 1.165) is 6.54 Å². The Balaban J connectivity index is 0.00000261. The summed E-state index contributed by atoms with van der Waals surface area (Å²) >= 11 is 0. The molecular weight excluding hydrogens is 368 g/mol. The monoisotopic (exact) mass is 398 g/mol. The van der Waals surface area contributed by atoms with Crippen molar-refractivity contribution in [2.75, 3.05) is 41.0 Å². The summed E-state index contributed by atoms with van der Waals surface area (Å²) in [5, 5.41) is 3.12. The zero-order valence-electron chi connectivity index (χ0n) is 16.5. The molecule has 2 fully saturated rings. The highest BCUT2D eigenvalue weighted by Crippen LogP contribution is 2.38. The molecule has 2 unspecified atom stereocenters. The minimum Gasteiger partial charge on any atom is -0.493 e. The highest BCUT2D eigenvalue weighted by Gasteiger charge is 2.33. The van der Waals surface area contributed by atoms with E-state index in [-0.39, 0.29) is 18.3 Å². The second kappa shape index (κ2) is 10.0. The van der Waals surface area contributed by atoms with Crippen LogP contribution in [0.4, 0.5) is 0 Å². The molecule has 0 aliphatic carbocycles. The number of methoxy groups -OCH3 is 3. The number of nitrogens with one attached hydrogen (secondary N) is 1. The Morgan fingerprint density at radius 1 is 1.04 bits per heavy atom. The lowest BCUT2D eigenvalue weighted by molar-refractivity contribution is 0.0575. The van der Waals surface area contributed by atoms with Gasteiger partial charge in [0.2, 0.25) is 5.75 Å². The number of benzene rings is 1. The van der Waals surface area contributed by atoms with Crippen LogP contribution in [0.5, 0.6) is 17.2 Å². The second-order valence-electron chi connectivity index (χ2n) is 7.13. The van der Waals surface area contributed by atoms with E-state index >= 15 is 0 Å². The van der Waals surface area contributed by atoms with Crippen LogP contribution in [0.1, 0.15) is 42.5 Å². The third-order valence-electron chi connectivity index (χ3n) is 5.68. The molecule has 1 aromatic carbocycles. The molecule has 1 N–H and O–H groups in total. The first kappa shape index (κ1) is 21.6. The molecule has 0 saturated carbocycles. The van der Waals surface area contributed by atoms with Gasteiger partial charge in [0.05, 0.1) is 21.3 Å². The highest BCUT2D eigenvalue weighted by atomic mass is 35.5. The Morgan fingerprint density at radius 2 is 1.70 bits per heavy atom. The number of nitrogens with zero attached hydrogens (tertiary/aromatic N) is 1. The van der Waals surface area contributed by atoms with Crippen LogP contribution in [0.3, 0.4) is 0 Å². The molecule has 3 rings (SSSR count). The quantitative estimate of drug-likeness (QED) is 0.797. The van der Waals surface area contributed by atoms with Crippen LogP contribution < -0.4 is 19.5 Å². The van der Waals surface area contributed by atoms with Gasteiger partial charge >= 0.3 is 0 Å². The second-order valence-corrected chi connectivity index (χ2v) is 7.13. The van der Waals surface area contributed by atoms with Gasteiger partial charge in [-0.3, -0.25) is 4.79 Å². The van der Waals surface area contributed by atoms with Crippen molar-refractivity contribution in [2.45, 2.75) is 38.1 Å². The summed E-state index contributed by atoms with van der Waals surface area (Å²) in [4.78, 5) is 15.3. The minimum atomic E-state index is -0.0998. The Hall–Kier alpha value is -1.66. The minimum absolute atomic E-state index is 0. The molecule has 7 heteroatoms. The predicted octanol–water partition coefficient (Wildman–Crippen LogP) is 3.13. The first-order chi connectivity index (χ1) is 12.7. The molecule has 2 heterocycles. The van der Waals surface area contributed by atoms with Crippen LogP contribution in [0, 0.1) is 5.92 Å². The fourth-order valence-corrected chi connectivity index (χ4v) is 4.35. The smallest absolute Gasteiger partial charge is 0.251 e. The maximum Gasteiger partial charge on any atom is 0.251 e. The van der Waals surface area contributed by atoms with Crippen molar-refractivity contribution in [3.63, 3.8) is 0 Å². The van der Waals surface area contributed by atoms with E-state index < -0.39 is 0 Å². The van der Waals surface area contributed by atoms with Crippen LogP contribution in [0.15, 0.2) is 12.1 Å². The van der Waals surface area contributed by atoms with Gasteiger partial charge in [-0.25, -0.2) is 0 Å². The number of piperidine rings is 2. The number of fused-ring (bicyclic) bond motifs is 1. The van der Waals surface area contributed by atoms with Gasteiger partial charge < -0.3 is 24.4 Å². The zero-order chi connectivity index (χ0) is 18.5. The van der Waals surface area contributed by atoms with Crippen LogP contribution in [0.2, 0.25) is 0 Å². The molecule has 152 valence electrons. The Bertz CT molecular complexity index is 613. The van der Waals surface area contributed by atoms with Gasteiger partial charge in [0, 0.05) is 18.2 Å². The normalized spacial score (nSPS) is 22.2. The fraction of sp³-hybridized carbons (Fsp3) is 0.650. The molecule has 2 aliphatic rings. The summed E-state index contributed by atoms with van der Waals surface area (Å²) in [6.07, 6.45) is 6.28. The van der Waals surface area contributed by atoms with Crippen LogP contribution in [-0.2, 0) is 0 Å². The van der Waals surface area contributed by atoms with E-state index in [1.165, 1.54) is 45.2 Å². The summed E-state index contributed by atoms with van der Waals surface area (Å²) in [5.41, 5.74) is 0.524. The average molecular weight is 399 g/mol. The van der Waals surface area contributed by atoms with E-state index in [1.807, 2.05) is 0 Å². The number of carbonyl (C=O) groups is 1. The standard InChI is InChI=1S/C20H30N2O4.ClH/c1-24-17-11-15(12-18(25-2)19(17)26-3)20(23)21-13-14-7-6-10-22-9-5-4-8-16(14)22;/h11-12,14,16H,4-10,13H2,1-3H3,(H,21,23);1H. The van der Waals surface area contributed by atoms with Gasteiger partial charge in [-0.1, -0.05) is 6.42 Å². The van der Waals surface area contributed by atoms with Crippen LogP contribution >= 0.6 is 12.4 Å². The molecule has 2 saturated heterocycles. The topological polar surface area (TPSA) is 60.0 Å². The van der Waals surface area contributed by atoms with E-state index in [0.29, 0.717) is 34.8 Å². The van der Waals surface area contributed by atoms with Crippen molar-refractivity contribution >= 4 is 18.3 Å². The van der Waals surface area contributed by atoms with E-state index in [2.05, 4.69) is 10.2 Å². The zero-order valence-corrected chi connectivity index (χ0v) is 17.3. The fourth-order valence-electron chi connectivity index (χ4n) is 4.35. The summed E-state index contributed by atoms with van der Waals surface area (Å²) < 4.78 is 16.0. The molecule has 1 aromatic rings. The first-order valence-electron chi connectivity index (χ1n) is 9.50. The van der Waals surface area contributed by atoms with Gasteiger partial charge in [0.1, 0.15) is 0 Å². The number of amides is 1. The SMILES string of the molecule is COc1cc(C(=O)NCC2CCCN3CCCCC23)cc(OC)c1OC.Cl. The Labute approximate surface area is 167 Å². The van der Waals surface area contributed by atoms with Crippen molar-refractivity contribution in [3.8, 4) is 17.2 Å². The van der Waals surface area contributed by atoms with Crippen molar-refractivity contribution < 1.29 is 19.0 Å². The third-order valence-corrected chi connectivity index (χ3v) is 5.68. The summed E-state index contributed by atoms with van der Waals surface area (Å²) in [6, 6.07) is 4.02. The molecule has 2 atom stereocenters. The molecule has 0 bridgehead atoms. The summed E-state index contributed by atoms with van der Waals surface area (Å²) in [7, 11) is 4.66. The van der Waals surface area contributed by atoms with Gasteiger partial charge in [0.25, 0.3) is 5.91 Å². The molecule has 27 heavy (non-hydrogen) atoms. The van der Waals surface area contributed by atoms with E-state index in [4.69, 9.17) is 14.2 Å². The summed E-state index contributed by atoms with van der Waals surface area (Å²) in [5.74, 6) is 1.92. The number of ether oxygens (including phenoxy) is 3. The number of hydrogen-bond donors (Lipinski definition) is 1. The van der Waals surface area contributed by atoms with Crippen molar-refractivity contribution in [2.24, 2.45) is 5.92 Å². The van der Waals surface area contributed by atoms with Gasteiger partial charge in [-0.05, 0) is 56.8 Å². The van der Waals surface area contributed by atoms with E-state index in [1.54, 1.807) is 33.5 Å². The lowest BCUT2D eigenvalue weighted by atomic mass is 9.83. The molecule has 0 radical (unpaired) electrons. The van der Waals surface area contributed by atoms with Crippen molar-refractivity contribution in [1.82, 2.24) is 10.2 Å². The largest absolute Gasteiger partial charge is 0.493 e.